The monoisotopic (exact) mass is 339 g/mol. The van der Waals surface area contributed by atoms with Crippen LogP contribution >= 0.6 is 0 Å². The second-order valence-electron chi connectivity index (χ2n) is 6.00. The third-order valence-electron chi connectivity index (χ3n) is 4.16. The van der Waals surface area contributed by atoms with Crippen LogP contribution in [-0.4, -0.2) is 43.1 Å². The highest BCUT2D eigenvalue weighted by Crippen LogP contribution is 2.22. The summed E-state index contributed by atoms with van der Waals surface area (Å²) in [5.74, 6) is -0.717. The lowest BCUT2D eigenvalue weighted by Crippen LogP contribution is -2.44. The molecule has 2 aromatic rings. The van der Waals surface area contributed by atoms with E-state index >= 15 is 0 Å². The van der Waals surface area contributed by atoms with Crippen LogP contribution in [0.2, 0.25) is 0 Å². The molecule has 1 heterocycles. The molecule has 0 unspecified atom stereocenters. The van der Waals surface area contributed by atoms with Crippen LogP contribution in [0, 0.1) is 6.92 Å². The average molecular weight is 339 g/mol. The molecule has 0 aromatic heterocycles. The van der Waals surface area contributed by atoms with E-state index in [4.69, 9.17) is 9.47 Å². The zero-order valence-corrected chi connectivity index (χ0v) is 14.2. The minimum absolute atomic E-state index is 0.213. The SMILES string of the molecule is Cc1ccc(C(=O)O[C@H](C(=O)N2CCOCC2)c2ccccc2)cc1. The summed E-state index contributed by atoms with van der Waals surface area (Å²) in [7, 11) is 0. The molecule has 1 aliphatic rings. The smallest absolute Gasteiger partial charge is 0.339 e. The lowest BCUT2D eigenvalue weighted by atomic mass is 10.1. The first kappa shape index (κ1) is 17.2. The van der Waals surface area contributed by atoms with E-state index in [-0.39, 0.29) is 5.91 Å². The number of morpholine rings is 1. The fourth-order valence-electron chi connectivity index (χ4n) is 2.70. The number of amides is 1. The number of rotatable bonds is 4. The van der Waals surface area contributed by atoms with Crippen LogP contribution < -0.4 is 0 Å². The summed E-state index contributed by atoms with van der Waals surface area (Å²) in [5, 5.41) is 0. The molecule has 1 aliphatic heterocycles. The van der Waals surface area contributed by atoms with Gasteiger partial charge < -0.3 is 14.4 Å². The predicted molar refractivity (Wildman–Crippen MR) is 93.2 cm³/mol. The van der Waals surface area contributed by atoms with Crippen molar-refractivity contribution in [2.75, 3.05) is 26.3 Å². The molecule has 5 nitrogen and oxygen atoms in total. The summed E-state index contributed by atoms with van der Waals surface area (Å²) in [6.45, 7) is 3.96. The van der Waals surface area contributed by atoms with E-state index in [0.717, 1.165) is 5.56 Å². The van der Waals surface area contributed by atoms with Crippen LogP contribution in [0.3, 0.4) is 0 Å². The largest absolute Gasteiger partial charge is 0.444 e. The van der Waals surface area contributed by atoms with Crippen LogP contribution in [0.4, 0.5) is 0 Å². The van der Waals surface area contributed by atoms with E-state index < -0.39 is 12.1 Å². The normalized spacial score (nSPS) is 15.5. The Balaban J connectivity index is 1.82. The van der Waals surface area contributed by atoms with Gasteiger partial charge in [-0.25, -0.2) is 4.79 Å². The minimum Gasteiger partial charge on any atom is -0.444 e. The van der Waals surface area contributed by atoms with E-state index in [1.54, 1.807) is 29.2 Å². The standard InChI is InChI=1S/C20H21NO4/c1-15-7-9-17(10-8-15)20(23)25-18(16-5-3-2-4-6-16)19(22)21-11-13-24-14-12-21/h2-10,18H,11-14H2,1H3/t18-/m0/s1. The third kappa shape index (κ3) is 4.25. The highest BCUT2D eigenvalue weighted by molar-refractivity contribution is 5.92. The van der Waals surface area contributed by atoms with Crippen molar-refractivity contribution in [2.24, 2.45) is 0 Å². The fraction of sp³-hybridized carbons (Fsp3) is 0.300. The van der Waals surface area contributed by atoms with Gasteiger partial charge in [-0.3, -0.25) is 4.79 Å². The van der Waals surface area contributed by atoms with E-state index in [2.05, 4.69) is 0 Å². The molecule has 130 valence electrons. The summed E-state index contributed by atoms with van der Waals surface area (Å²) in [6.07, 6.45) is -0.951. The molecule has 0 radical (unpaired) electrons. The summed E-state index contributed by atoms with van der Waals surface area (Å²) in [4.78, 5) is 27.1. The maximum Gasteiger partial charge on any atom is 0.339 e. The predicted octanol–water partition coefficient (Wildman–Crippen LogP) is 2.75. The van der Waals surface area contributed by atoms with E-state index in [0.29, 0.717) is 37.4 Å². The first-order valence-electron chi connectivity index (χ1n) is 8.34. The molecule has 0 N–H and O–H groups in total. The van der Waals surface area contributed by atoms with Gasteiger partial charge in [-0.2, -0.15) is 0 Å². The molecule has 25 heavy (non-hydrogen) atoms. The first-order valence-corrected chi connectivity index (χ1v) is 8.34. The van der Waals surface area contributed by atoms with Crippen molar-refractivity contribution >= 4 is 11.9 Å². The molecular weight excluding hydrogens is 318 g/mol. The number of aryl methyl sites for hydroxylation is 1. The summed E-state index contributed by atoms with van der Waals surface area (Å²) in [6, 6.07) is 16.2. The molecule has 3 rings (SSSR count). The van der Waals surface area contributed by atoms with Crippen LogP contribution in [-0.2, 0) is 14.3 Å². The van der Waals surface area contributed by atoms with Crippen LogP contribution in [0.1, 0.15) is 27.6 Å². The highest BCUT2D eigenvalue weighted by atomic mass is 16.5. The highest BCUT2D eigenvalue weighted by Gasteiger charge is 2.30. The fourth-order valence-corrected chi connectivity index (χ4v) is 2.70. The van der Waals surface area contributed by atoms with Crippen LogP contribution in [0.5, 0.6) is 0 Å². The third-order valence-corrected chi connectivity index (χ3v) is 4.16. The van der Waals surface area contributed by atoms with Gasteiger partial charge in [0.2, 0.25) is 6.10 Å². The maximum atomic E-state index is 12.9. The summed E-state index contributed by atoms with van der Waals surface area (Å²) in [5.41, 5.74) is 2.15. The van der Waals surface area contributed by atoms with Crippen molar-refractivity contribution in [1.82, 2.24) is 4.90 Å². The van der Waals surface area contributed by atoms with Gasteiger partial charge in [0.1, 0.15) is 0 Å². The molecule has 1 saturated heterocycles. The molecule has 0 spiro atoms. The lowest BCUT2D eigenvalue weighted by Gasteiger charge is -2.30. The number of nitrogens with zero attached hydrogens (tertiary/aromatic N) is 1. The molecule has 0 aliphatic carbocycles. The Labute approximate surface area is 147 Å². The Morgan fingerprint density at radius 2 is 1.64 bits per heavy atom. The minimum atomic E-state index is -0.951. The van der Waals surface area contributed by atoms with Gasteiger partial charge in [0.05, 0.1) is 18.8 Å². The molecule has 2 aromatic carbocycles. The molecule has 1 fully saturated rings. The van der Waals surface area contributed by atoms with Gasteiger partial charge in [0.25, 0.3) is 5.91 Å². The maximum absolute atomic E-state index is 12.9. The van der Waals surface area contributed by atoms with E-state index in [1.165, 1.54) is 0 Å². The van der Waals surface area contributed by atoms with Gasteiger partial charge in [-0.15, -0.1) is 0 Å². The lowest BCUT2D eigenvalue weighted by molar-refractivity contribution is -0.145. The Bertz CT molecular complexity index is 721. The first-order chi connectivity index (χ1) is 12.1. The summed E-state index contributed by atoms with van der Waals surface area (Å²) >= 11 is 0. The van der Waals surface area contributed by atoms with Gasteiger partial charge >= 0.3 is 5.97 Å². The number of carbonyl (C=O) groups excluding carboxylic acids is 2. The number of benzene rings is 2. The quantitative estimate of drug-likeness (QED) is 0.804. The van der Waals surface area contributed by atoms with Crippen molar-refractivity contribution in [3.8, 4) is 0 Å². The van der Waals surface area contributed by atoms with Crippen molar-refractivity contribution in [1.29, 1.82) is 0 Å². The topological polar surface area (TPSA) is 55.8 Å². The van der Waals surface area contributed by atoms with Gasteiger partial charge in [0.15, 0.2) is 0 Å². The zero-order chi connectivity index (χ0) is 17.6. The molecular formula is C20H21NO4. The number of ether oxygens (including phenoxy) is 2. The van der Waals surface area contributed by atoms with E-state index in [1.807, 2.05) is 37.3 Å². The van der Waals surface area contributed by atoms with Crippen molar-refractivity contribution in [2.45, 2.75) is 13.0 Å². The Hall–Kier alpha value is -2.66. The number of esters is 1. The number of hydrogen-bond acceptors (Lipinski definition) is 4. The van der Waals surface area contributed by atoms with E-state index in [9.17, 15) is 9.59 Å². The molecule has 1 amide bonds. The molecule has 5 heteroatoms. The van der Waals surface area contributed by atoms with Crippen molar-refractivity contribution in [3.63, 3.8) is 0 Å². The Kier molecular flexibility index (Phi) is 5.46. The number of hydrogen-bond donors (Lipinski definition) is 0. The van der Waals surface area contributed by atoms with Gasteiger partial charge in [0, 0.05) is 18.7 Å². The van der Waals surface area contributed by atoms with Crippen LogP contribution in [0.25, 0.3) is 0 Å². The molecule has 1 atom stereocenters. The second kappa shape index (κ2) is 7.94. The van der Waals surface area contributed by atoms with Crippen molar-refractivity contribution < 1.29 is 19.1 Å². The summed E-state index contributed by atoms with van der Waals surface area (Å²) < 4.78 is 10.9. The molecule has 0 saturated carbocycles. The van der Waals surface area contributed by atoms with Crippen LogP contribution in [0.15, 0.2) is 54.6 Å². The Morgan fingerprint density at radius 1 is 1.00 bits per heavy atom. The molecule has 0 bridgehead atoms. The second-order valence-corrected chi connectivity index (χ2v) is 6.00. The Morgan fingerprint density at radius 3 is 2.28 bits per heavy atom. The van der Waals surface area contributed by atoms with Gasteiger partial charge in [-0.05, 0) is 19.1 Å². The number of carbonyl (C=O) groups is 2. The van der Waals surface area contributed by atoms with Gasteiger partial charge in [-0.1, -0.05) is 48.0 Å². The van der Waals surface area contributed by atoms with Crippen molar-refractivity contribution in [3.05, 3.63) is 71.3 Å². The zero-order valence-electron chi connectivity index (χ0n) is 14.2. The average Bonchev–Trinajstić information content (AvgIpc) is 2.67.